The molecule has 0 aromatic carbocycles. The number of hydrogen-bond acceptors (Lipinski definition) is 11. The Hall–Kier alpha value is -1.60. The fraction of sp³-hybridized carbons (Fsp3) is 0.583. The highest BCUT2D eigenvalue weighted by molar-refractivity contribution is 7.85. The number of nitrogens with one attached hydrogen (secondary N) is 1. The predicted molar refractivity (Wildman–Crippen MR) is 92.9 cm³/mol. The zero-order valence-corrected chi connectivity index (χ0v) is 14.5. The van der Waals surface area contributed by atoms with Crippen molar-refractivity contribution in [3.8, 4) is 0 Å². The number of nitrogens with two attached hydrogens (primary N) is 2. The van der Waals surface area contributed by atoms with Gasteiger partial charge in [0, 0.05) is 13.1 Å². The minimum Gasteiger partial charge on any atom is -0.385 e. The van der Waals surface area contributed by atoms with Gasteiger partial charge in [0.1, 0.15) is 25.1 Å². The number of aromatic nitrogens is 4. The van der Waals surface area contributed by atoms with Crippen molar-refractivity contribution in [2.75, 3.05) is 30.7 Å². The summed E-state index contributed by atoms with van der Waals surface area (Å²) in [6.07, 6.45) is -2.23. The van der Waals surface area contributed by atoms with Gasteiger partial charge in [0.2, 0.25) is 5.95 Å². The van der Waals surface area contributed by atoms with Crippen molar-refractivity contribution in [1.29, 1.82) is 0 Å². The molecular weight excluding hydrogens is 364 g/mol. The van der Waals surface area contributed by atoms with E-state index in [1.807, 2.05) is 0 Å². The number of aliphatic hydroxyl groups excluding tert-OH is 1. The highest BCUT2D eigenvalue weighted by Crippen LogP contribution is 2.58. The first-order chi connectivity index (χ1) is 12.4. The molecule has 2 fully saturated rings. The summed E-state index contributed by atoms with van der Waals surface area (Å²) in [6, 6.07) is 0. The number of imidazole rings is 1. The van der Waals surface area contributed by atoms with Gasteiger partial charge < -0.3 is 26.6 Å². The molecule has 0 aliphatic carbocycles. The molecule has 2 aromatic rings. The van der Waals surface area contributed by atoms with Gasteiger partial charge in [-0.05, 0) is 0 Å². The Balaban J connectivity index is 1.75. The monoisotopic (exact) mass is 382 g/mol. The Morgan fingerprint density at radius 2 is 2.27 bits per heavy atom. The molecule has 14 heteroatoms. The lowest BCUT2D eigenvalue weighted by atomic mass is 10.1. The number of rotatable bonds is 4. The van der Waals surface area contributed by atoms with Crippen molar-refractivity contribution in [2.45, 2.75) is 24.5 Å². The lowest BCUT2D eigenvalue weighted by Gasteiger charge is -2.27. The summed E-state index contributed by atoms with van der Waals surface area (Å²) in [4.78, 5) is 22.3. The third kappa shape index (κ3) is 2.91. The molecule has 4 rings (SSSR count). The van der Waals surface area contributed by atoms with E-state index in [0.29, 0.717) is 30.2 Å². The van der Waals surface area contributed by atoms with E-state index in [2.05, 4.69) is 20.3 Å². The largest absolute Gasteiger partial charge is 0.488 e. The first-order valence-electron chi connectivity index (χ1n) is 7.90. The fourth-order valence-electron chi connectivity index (χ4n) is 3.06. The Morgan fingerprint density at radius 3 is 3.04 bits per heavy atom. The van der Waals surface area contributed by atoms with Gasteiger partial charge in [-0.3, -0.25) is 4.57 Å². The summed E-state index contributed by atoms with van der Waals surface area (Å²) in [5.41, 5.74) is 12.2. The van der Waals surface area contributed by atoms with Crippen LogP contribution in [-0.2, 0) is 13.8 Å². The molecule has 0 spiro atoms. The number of fused-ring (bicyclic) bond motifs is 2. The van der Waals surface area contributed by atoms with Gasteiger partial charge >= 0.3 is 15.4 Å². The molecule has 4 heterocycles. The van der Waals surface area contributed by atoms with Crippen LogP contribution in [-0.4, -0.2) is 75.1 Å². The van der Waals surface area contributed by atoms with Gasteiger partial charge in [-0.1, -0.05) is 0 Å². The highest BCUT2D eigenvalue weighted by atomic mass is 31.2. The molecule has 5 atom stereocenters. The summed E-state index contributed by atoms with van der Waals surface area (Å²) in [5.74, 6) is 0.551. The summed E-state index contributed by atoms with van der Waals surface area (Å²) >= 11 is 0. The molecule has 2 aromatic heterocycles. The number of nitrogens with zero attached hydrogens (tertiary/aromatic N) is 4. The smallest absolute Gasteiger partial charge is 0.385 e. The SMILES string of the molecule is [B][P+]1(O)OC[C@H]2O[C@@H](n3c(NCCN)nc4c(N)ncnc43)C(O)[C@H]2O1. The maximum Gasteiger partial charge on any atom is 0.488 e. The second-order valence-corrected chi connectivity index (χ2v) is 7.53. The second-order valence-electron chi connectivity index (χ2n) is 5.94. The number of hydrogen-bond donors (Lipinski definition) is 5. The maximum absolute atomic E-state index is 10.7. The van der Waals surface area contributed by atoms with Crippen LogP contribution in [0.2, 0.25) is 0 Å². The van der Waals surface area contributed by atoms with Crippen molar-refractivity contribution in [1.82, 2.24) is 19.5 Å². The maximum atomic E-state index is 10.7. The van der Waals surface area contributed by atoms with Crippen LogP contribution in [0.25, 0.3) is 11.2 Å². The molecule has 2 saturated heterocycles. The predicted octanol–water partition coefficient (Wildman–Crippen LogP) is -1.71. The van der Waals surface area contributed by atoms with Gasteiger partial charge in [0.05, 0.1) is 0 Å². The molecule has 26 heavy (non-hydrogen) atoms. The van der Waals surface area contributed by atoms with Crippen LogP contribution in [0.4, 0.5) is 11.8 Å². The number of nitrogen functional groups attached to an aromatic ring is 1. The lowest BCUT2D eigenvalue weighted by molar-refractivity contribution is -0.0597. The standard InChI is InChI=1S/C12H18BN7O5P/c13-26(22)23-3-5-8(25-26)7(21)11(24-5)20-10-6(9(15)17-4-18-10)19-12(20)16-2-1-14/h4-5,7-8,11,21-22H,1-3,14H2,(H,16,19)(H2,15,17,18)/q+1/t5-,7?,8+,11-,26?/m1/s1. The van der Waals surface area contributed by atoms with E-state index in [-0.39, 0.29) is 12.4 Å². The third-order valence-electron chi connectivity index (χ3n) is 4.19. The van der Waals surface area contributed by atoms with Crippen LogP contribution < -0.4 is 16.8 Å². The van der Waals surface area contributed by atoms with Crippen LogP contribution in [0.1, 0.15) is 6.23 Å². The summed E-state index contributed by atoms with van der Waals surface area (Å²) in [5, 5.41) is 13.8. The second kappa shape index (κ2) is 6.53. The van der Waals surface area contributed by atoms with Crippen molar-refractivity contribution in [3.05, 3.63) is 6.33 Å². The van der Waals surface area contributed by atoms with Crippen LogP contribution in [0.5, 0.6) is 0 Å². The zero-order valence-electron chi connectivity index (χ0n) is 13.6. The minimum atomic E-state index is -3.48. The summed E-state index contributed by atoms with van der Waals surface area (Å²) in [6.45, 7) is 0.791. The average molecular weight is 382 g/mol. The number of ether oxygens (including phenoxy) is 1. The van der Waals surface area contributed by atoms with Crippen molar-refractivity contribution in [3.63, 3.8) is 0 Å². The zero-order chi connectivity index (χ0) is 18.5. The highest BCUT2D eigenvalue weighted by Gasteiger charge is 2.57. The molecule has 7 N–H and O–H groups in total. The van der Waals surface area contributed by atoms with Crippen LogP contribution >= 0.6 is 7.82 Å². The van der Waals surface area contributed by atoms with E-state index < -0.39 is 32.4 Å². The van der Waals surface area contributed by atoms with E-state index in [0.717, 1.165) is 0 Å². The van der Waals surface area contributed by atoms with Gasteiger partial charge in [-0.25, -0.2) is 19.8 Å². The molecule has 2 unspecified atom stereocenters. The fourth-order valence-corrected chi connectivity index (χ4v) is 4.09. The molecule has 138 valence electrons. The van der Waals surface area contributed by atoms with Crippen molar-refractivity contribution in [2.24, 2.45) is 5.73 Å². The topological polar surface area (TPSA) is 176 Å². The van der Waals surface area contributed by atoms with Gasteiger partial charge in [0.15, 0.2) is 29.3 Å². The molecule has 2 radical (unpaired) electrons. The Bertz CT molecular complexity index is 823. The molecule has 0 amide bonds. The third-order valence-corrected chi connectivity index (χ3v) is 5.26. The first kappa shape index (κ1) is 17.8. The van der Waals surface area contributed by atoms with Gasteiger partial charge in [-0.15, -0.1) is 0 Å². The van der Waals surface area contributed by atoms with Crippen molar-refractivity contribution >= 4 is 38.3 Å². The number of aliphatic hydroxyl groups is 1. The Labute approximate surface area is 149 Å². The Morgan fingerprint density at radius 1 is 1.46 bits per heavy atom. The van der Waals surface area contributed by atoms with Gasteiger partial charge in [-0.2, -0.15) is 9.05 Å². The normalized spacial score (nSPS) is 34.1. The van der Waals surface area contributed by atoms with E-state index in [1.165, 1.54) is 6.33 Å². The molecule has 0 saturated carbocycles. The Kier molecular flexibility index (Phi) is 4.47. The molecule has 0 bridgehead atoms. The summed E-state index contributed by atoms with van der Waals surface area (Å²) < 4.78 is 17.8. The molecule has 2 aliphatic rings. The van der Waals surface area contributed by atoms with Crippen LogP contribution in [0.3, 0.4) is 0 Å². The average Bonchev–Trinajstić information content (AvgIpc) is 3.11. The van der Waals surface area contributed by atoms with E-state index in [1.54, 1.807) is 4.57 Å². The quantitative estimate of drug-likeness (QED) is 0.301. The first-order valence-corrected chi connectivity index (χ1v) is 9.55. The lowest BCUT2D eigenvalue weighted by Crippen LogP contribution is -2.40. The molecule has 2 aliphatic heterocycles. The molecule has 12 nitrogen and oxygen atoms in total. The summed E-state index contributed by atoms with van der Waals surface area (Å²) in [7, 11) is 2.06. The van der Waals surface area contributed by atoms with Crippen LogP contribution in [0, 0.1) is 0 Å². The van der Waals surface area contributed by atoms with Gasteiger partial charge in [0.25, 0.3) is 0 Å². The van der Waals surface area contributed by atoms with E-state index in [4.69, 9.17) is 32.8 Å². The van der Waals surface area contributed by atoms with E-state index in [9.17, 15) is 10.00 Å². The molecular formula is C12H18BN7O5P+. The minimum absolute atomic E-state index is 0.00564. The van der Waals surface area contributed by atoms with E-state index >= 15 is 0 Å². The number of anilines is 2. The van der Waals surface area contributed by atoms with Crippen molar-refractivity contribution < 1.29 is 23.8 Å². The van der Waals surface area contributed by atoms with Crippen LogP contribution in [0.15, 0.2) is 6.33 Å².